The summed E-state index contributed by atoms with van der Waals surface area (Å²) in [5.41, 5.74) is 15.6. The lowest BCUT2D eigenvalue weighted by Crippen LogP contribution is -2.59. The number of hydrogen-bond donors (Lipinski definition) is 8. The normalized spacial score (nSPS) is 15.6. The largest absolute Gasteiger partial charge is 0.480 e. The average molecular weight is 460 g/mol. The van der Waals surface area contributed by atoms with Crippen molar-refractivity contribution in [2.24, 2.45) is 23.1 Å². The summed E-state index contributed by atoms with van der Waals surface area (Å²) in [4.78, 5) is 70.9. The number of aliphatic hydroxyl groups is 1. The van der Waals surface area contributed by atoms with Gasteiger partial charge in [0.05, 0.1) is 25.0 Å². The maximum Gasteiger partial charge on any atom is 0.328 e. The van der Waals surface area contributed by atoms with Crippen molar-refractivity contribution >= 4 is 35.5 Å². The van der Waals surface area contributed by atoms with Crippen molar-refractivity contribution < 1.29 is 39.0 Å². The Bertz CT molecular complexity index is 726. The summed E-state index contributed by atoms with van der Waals surface area (Å²) in [6.45, 7) is 4.64. The molecule has 32 heavy (non-hydrogen) atoms. The molecule has 0 aliphatic heterocycles. The first-order valence-corrected chi connectivity index (χ1v) is 9.79. The number of aliphatic carboxylic acids is 1. The number of carbonyl (C=O) groups is 6. The van der Waals surface area contributed by atoms with E-state index in [0.717, 1.165) is 0 Å². The van der Waals surface area contributed by atoms with Crippen LogP contribution >= 0.6 is 0 Å². The van der Waals surface area contributed by atoms with E-state index < -0.39 is 78.6 Å². The van der Waals surface area contributed by atoms with Crippen LogP contribution in [-0.2, 0) is 28.8 Å². The first-order chi connectivity index (χ1) is 14.6. The molecule has 14 heteroatoms. The Kier molecular flexibility index (Phi) is 11.9. The molecule has 11 N–H and O–H groups in total. The number of nitrogens with one attached hydrogen (secondary N) is 3. The molecule has 0 aliphatic rings. The molecule has 0 aliphatic carbocycles. The molecule has 14 nitrogen and oxygen atoms in total. The maximum atomic E-state index is 12.7. The SMILES string of the molecule is CC(C)CC(NC(=O)C(CC(N)=O)NC(=O)C(N)CC(N)=O)C(=O)NC(C(=O)O)C(C)O. The second kappa shape index (κ2) is 13.2. The molecule has 0 aromatic rings. The number of hydrogen-bond acceptors (Lipinski definition) is 8. The van der Waals surface area contributed by atoms with Crippen molar-refractivity contribution in [3.8, 4) is 0 Å². The van der Waals surface area contributed by atoms with Crippen molar-refractivity contribution in [1.29, 1.82) is 0 Å². The molecule has 182 valence electrons. The molecule has 0 aromatic heterocycles. The van der Waals surface area contributed by atoms with Crippen molar-refractivity contribution in [1.82, 2.24) is 16.0 Å². The Morgan fingerprint density at radius 1 is 0.781 bits per heavy atom. The third-order valence-electron chi connectivity index (χ3n) is 4.18. The van der Waals surface area contributed by atoms with Crippen LogP contribution in [0.15, 0.2) is 0 Å². The summed E-state index contributed by atoms with van der Waals surface area (Å²) in [5, 5.41) is 25.3. The first-order valence-electron chi connectivity index (χ1n) is 9.79. The van der Waals surface area contributed by atoms with Crippen LogP contribution < -0.4 is 33.2 Å². The van der Waals surface area contributed by atoms with Crippen LogP contribution in [0.3, 0.4) is 0 Å². The van der Waals surface area contributed by atoms with E-state index in [2.05, 4.69) is 16.0 Å². The fourth-order valence-corrected chi connectivity index (χ4v) is 2.62. The van der Waals surface area contributed by atoms with Crippen LogP contribution in [0.2, 0.25) is 0 Å². The first kappa shape index (κ1) is 28.7. The van der Waals surface area contributed by atoms with Crippen LogP contribution in [0.4, 0.5) is 0 Å². The van der Waals surface area contributed by atoms with Crippen LogP contribution in [0.5, 0.6) is 0 Å². The maximum absolute atomic E-state index is 12.7. The molecule has 5 atom stereocenters. The Labute approximate surface area is 184 Å². The van der Waals surface area contributed by atoms with E-state index >= 15 is 0 Å². The number of nitrogens with two attached hydrogens (primary N) is 3. The lowest BCUT2D eigenvalue weighted by atomic mass is 10.0. The molecule has 0 aromatic carbocycles. The van der Waals surface area contributed by atoms with Gasteiger partial charge >= 0.3 is 5.97 Å². The molecule has 0 radical (unpaired) electrons. The highest BCUT2D eigenvalue weighted by molar-refractivity contribution is 5.96. The number of rotatable bonds is 14. The quantitative estimate of drug-likeness (QED) is 0.125. The van der Waals surface area contributed by atoms with Crippen molar-refractivity contribution in [3.63, 3.8) is 0 Å². The Morgan fingerprint density at radius 3 is 1.66 bits per heavy atom. The summed E-state index contributed by atoms with van der Waals surface area (Å²) in [6.07, 6.45) is -2.49. The zero-order chi connectivity index (χ0) is 25.2. The van der Waals surface area contributed by atoms with Gasteiger partial charge in [-0.2, -0.15) is 0 Å². The topological polar surface area (TPSA) is 257 Å². The van der Waals surface area contributed by atoms with Gasteiger partial charge in [0.15, 0.2) is 6.04 Å². The van der Waals surface area contributed by atoms with Crippen molar-refractivity contribution in [3.05, 3.63) is 0 Å². The third kappa shape index (κ3) is 10.7. The summed E-state index contributed by atoms with van der Waals surface area (Å²) < 4.78 is 0. The third-order valence-corrected chi connectivity index (χ3v) is 4.18. The summed E-state index contributed by atoms with van der Waals surface area (Å²) in [5.74, 6) is -6.22. The monoisotopic (exact) mass is 460 g/mol. The van der Waals surface area contributed by atoms with Crippen LogP contribution in [0.1, 0.15) is 40.0 Å². The summed E-state index contributed by atoms with van der Waals surface area (Å²) >= 11 is 0. The van der Waals surface area contributed by atoms with Gasteiger partial charge in [-0.25, -0.2) is 4.79 Å². The molecule has 0 spiro atoms. The average Bonchev–Trinajstić information content (AvgIpc) is 2.62. The molecule has 0 saturated heterocycles. The van der Waals surface area contributed by atoms with Gasteiger partial charge in [0.25, 0.3) is 0 Å². The predicted molar refractivity (Wildman–Crippen MR) is 110 cm³/mol. The van der Waals surface area contributed by atoms with Gasteiger partial charge in [-0.05, 0) is 19.3 Å². The fourth-order valence-electron chi connectivity index (χ4n) is 2.62. The Hall–Kier alpha value is -3.26. The highest BCUT2D eigenvalue weighted by Gasteiger charge is 2.32. The van der Waals surface area contributed by atoms with Gasteiger partial charge in [0, 0.05) is 0 Å². The number of carboxylic acid groups (broad SMARTS) is 1. The van der Waals surface area contributed by atoms with E-state index in [4.69, 9.17) is 22.3 Å². The lowest BCUT2D eigenvalue weighted by molar-refractivity contribution is -0.145. The molecule has 5 unspecified atom stereocenters. The van der Waals surface area contributed by atoms with Gasteiger partial charge in [0.2, 0.25) is 29.5 Å². The standard InChI is InChI=1S/C18H32N6O8/c1-7(2)4-10(17(30)24-14(8(3)25)18(31)32)23-16(29)11(6-13(21)27)22-15(28)9(19)5-12(20)26/h7-11,14,25H,4-6,19H2,1-3H3,(H2,20,26)(H2,21,27)(H,22,28)(H,23,29)(H,24,30)(H,31,32). The second-order valence-corrected chi connectivity index (χ2v) is 7.76. The predicted octanol–water partition coefficient (Wildman–Crippen LogP) is -3.97. The van der Waals surface area contributed by atoms with E-state index in [9.17, 15) is 33.9 Å². The number of carboxylic acids is 1. The minimum Gasteiger partial charge on any atom is -0.480 e. The minimum absolute atomic E-state index is 0.0716. The molecular weight excluding hydrogens is 428 g/mol. The van der Waals surface area contributed by atoms with E-state index in [1.54, 1.807) is 13.8 Å². The zero-order valence-electron chi connectivity index (χ0n) is 18.2. The highest BCUT2D eigenvalue weighted by Crippen LogP contribution is 2.07. The fraction of sp³-hybridized carbons (Fsp3) is 0.667. The highest BCUT2D eigenvalue weighted by atomic mass is 16.4. The van der Waals surface area contributed by atoms with E-state index in [1.807, 2.05) is 0 Å². The summed E-state index contributed by atoms with van der Waals surface area (Å²) in [7, 11) is 0. The molecule has 0 fully saturated rings. The molecule has 0 bridgehead atoms. The van der Waals surface area contributed by atoms with Gasteiger partial charge < -0.3 is 43.4 Å². The summed E-state index contributed by atoms with van der Waals surface area (Å²) in [6, 6.07) is -5.78. The van der Waals surface area contributed by atoms with Gasteiger partial charge in [-0.3, -0.25) is 24.0 Å². The molecule has 5 amide bonds. The zero-order valence-corrected chi connectivity index (χ0v) is 18.2. The van der Waals surface area contributed by atoms with Crippen LogP contribution in [0, 0.1) is 5.92 Å². The van der Waals surface area contributed by atoms with E-state index in [0.29, 0.717) is 0 Å². The van der Waals surface area contributed by atoms with Crippen molar-refractivity contribution in [2.75, 3.05) is 0 Å². The number of primary amides is 2. The van der Waals surface area contributed by atoms with Gasteiger partial charge in [-0.1, -0.05) is 13.8 Å². The van der Waals surface area contributed by atoms with Gasteiger partial charge in [-0.15, -0.1) is 0 Å². The van der Waals surface area contributed by atoms with Crippen molar-refractivity contribution in [2.45, 2.75) is 70.3 Å². The second-order valence-electron chi connectivity index (χ2n) is 7.76. The lowest BCUT2D eigenvalue weighted by Gasteiger charge is -2.26. The number of aliphatic hydroxyl groups excluding tert-OH is 1. The molecule has 0 rings (SSSR count). The Morgan fingerprint density at radius 2 is 1.25 bits per heavy atom. The molecule has 0 saturated carbocycles. The van der Waals surface area contributed by atoms with Crippen LogP contribution in [0.25, 0.3) is 0 Å². The number of amides is 5. The minimum atomic E-state index is -1.62. The van der Waals surface area contributed by atoms with Crippen LogP contribution in [-0.4, -0.2) is 76.0 Å². The van der Waals surface area contributed by atoms with Gasteiger partial charge in [0.1, 0.15) is 12.1 Å². The number of carbonyl (C=O) groups excluding carboxylic acids is 5. The molecule has 0 heterocycles. The van der Waals surface area contributed by atoms with E-state index in [1.165, 1.54) is 6.92 Å². The molecular formula is C18H32N6O8. The smallest absolute Gasteiger partial charge is 0.328 e. The van der Waals surface area contributed by atoms with E-state index in [-0.39, 0.29) is 12.3 Å². The Balaban J connectivity index is 5.53.